The van der Waals surface area contributed by atoms with Crippen LogP contribution in [-0.4, -0.2) is 40.3 Å². The van der Waals surface area contributed by atoms with Gasteiger partial charge in [0.15, 0.2) is 0 Å². The Morgan fingerprint density at radius 2 is 2.20 bits per heavy atom. The average molecular weight is 302 g/mol. The summed E-state index contributed by atoms with van der Waals surface area (Å²) >= 11 is 1.81. The topological polar surface area (TPSA) is 55.6 Å². The molecule has 2 N–H and O–H groups in total. The van der Waals surface area contributed by atoms with Gasteiger partial charge in [0.1, 0.15) is 5.60 Å². The van der Waals surface area contributed by atoms with E-state index in [1.807, 2.05) is 37.4 Å². The van der Waals surface area contributed by atoms with Crippen molar-refractivity contribution in [1.82, 2.24) is 4.90 Å². The average Bonchev–Trinajstić information content (AvgIpc) is 2.75. The molecule has 2 atom stereocenters. The molecule has 1 saturated heterocycles. The molecule has 0 aromatic heterocycles. The first-order valence-corrected chi connectivity index (χ1v) is 8.73. The molecule has 1 unspecified atom stereocenters. The predicted molar refractivity (Wildman–Crippen MR) is 85.9 cm³/mol. The Balaban J connectivity index is 2.57. The van der Waals surface area contributed by atoms with E-state index in [9.17, 15) is 4.79 Å². The van der Waals surface area contributed by atoms with Crippen molar-refractivity contribution in [3.8, 4) is 0 Å². The van der Waals surface area contributed by atoms with Gasteiger partial charge in [-0.05, 0) is 46.5 Å². The lowest BCUT2D eigenvalue weighted by Gasteiger charge is -2.30. The van der Waals surface area contributed by atoms with E-state index in [0.717, 1.165) is 32.2 Å². The third-order valence-corrected chi connectivity index (χ3v) is 4.57. The normalized spacial score (nSPS) is 21.1. The van der Waals surface area contributed by atoms with E-state index in [1.165, 1.54) is 6.42 Å². The Labute approximate surface area is 127 Å². The van der Waals surface area contributed by atoms with Gasteiger partial charge in [0.05, 0.1) is 0 Å². The van der Waals surface area contributed by atoms with Crippen LogP contribution in [0.4, 0.5) is 4.79 Å². The molecule has 1 amide bonds. The van der Waals surface area contributed by atoms with E-state index >= 15 is 0 Å². The number of thioether (sulfide) groups is 1. The van der Waals surface area contributed by atoms with Crippen molar-refractivity contribution in [3.63, 3.8) is 0 Å². The highest BCUT2D eigenvalue weighted by Crippen LogP contribution is 2.29. The van der Waals surface area contributed by atoms with Gasteiger partial charge < -0.3 is 15.4 Å². The number of nitrogens with zero attached hydrogens (tertiary/aromatic N) is 1. The van der Waals surface area contributed by atoms with E-state index in [-0.39, 0.29) is 6.09 Å². The molecule has 0 aliphatic carbocycles. The molecule has 1 rings (SSSR count). The van der Waals surface area contributed by atoms with Gasteiger partial charge in [-0.2, -0.15) is 0 Å². The molecule has 20 heavy (non-hydrogen) atoms. The van der Waals surface area contributed by atoms with Crippen LogP contribution in [0.25, 0.3) is 0 Å². The van der Waals surface area contributed by atoms with Gasteiger partial charge in [-0.15, -0.1) is 11.8 Å². The van der Waals surface area contributed by atoms with Crippen molar-refractivity contribution in [3.05, 3.63) is 0 Å². The number of likely N-dealkylation sites (tertiary alicyclic amines) is 1. The maximum atomic E-state index is 12.2. The number of hydrogen-bond acceptors (Lipinski definition) is 4. The van der Waals surface area contributed by atoms with E-state index < -0.39 is 5.60 Å². The van der Waals surface area contributed by atoms with Gasteiger partial charge >= 0.3 is 6.09 Å². The van der Waals surface area contributed by atoms with Gasteiger partial charge in [-0.1, -0.05) is 13.3 Å². The number of hydrogen-bond donors (Lipinski definition) is 1. The van der Waals surface area contributed by atoms with Crippen LogP contribution in [0.3, 0.4) is 0 Å². The molecular weight excluding hydrogens is 272 g/mol. The summed E-state index contributed by atoms with van der Waals surface area (Å²) in [7, 11) is 0. The largest absolute Gasteiger partial charge is 0.444 e. The molecule has 4 nitrogen and oxygen atoms in total. The van der Waals surface area contributed by atoms with Crippen LogP contribution in [0.1, 0.15) is 59.8 Å². The molecule has 0 saturated carbocycles. The molecule has 0 radical (unpaired) electrons. The number of amides is 1. The zero-order valence-corrected chi connectivity index (χ0v) is 14.2. The highest BCUT2D eigenvalue weighted by molar-refractivity contribution is 7.99. The van der Waals surface area contributed by atoms with Crippen LogP contribution >= 0.6 is 11.8 Å². The van der Waals surface area contributed by atoms with Crippen LogP contribution in [0.15, 0.2) is 0 Å². The molecule has 1 heterocycles. The second kappa shape index (κ2) is 8.13. The molecule has 0 aromatic rings. The highest BCUT2D eigenvalue weighted by Gasteiger charge is 2.33. The summed E-state index contributed by atoms with van der Waals surface area (Å²) in [4.78, 5) is 14.2. The minimum Gasteiger partial charge on any atom is -0.444 e. The maximum absolute atomic E-state index is 12.2. The zero-order valence-electron chi connectivity index (χ0n) is 13.4. The van der Waals surface area contributed by atoms with Crippen LogP contribution in [0.2, 0.25) is 0 Å². The monoisotopic (exact) mass is 302 g/mol. The maximum Gasteiger partial charge on any atom is 0.410 e. The molecule has 0 bridgehead atoms. The van der Waals surface area contributed by atoms with Gasteiger partial charge in [-0.25, -0.2) is 4.79 Å². The summed E-state index contributed by atoms with van der Waals surface area (Å²) < 4.78 is 5.51. The first-order valence-electron chi connectivity index (χ1n) is 7.68. The summed E-state index contributed by atoms with van der Waals surface area (Å²) in [6.45, 7) is 8.77. The third kappa shape index (κ3) is 5.92. The predicted octanol–water partition coefficient (Wildman–Crippen LogP) is 3.59. The Kier molecular flexibility index (Phi) is 7.17. The van der Waals surface area contributed by atoms with Crippen LogP contribution in [0.5, 0.6) is 0 Å². The molecule has 0 spiro atoms. The molecule has 0 aromatic carbocycles. The number of ether oxygens (including phenoxy) is 1. The van der Waals surface area contributed by atoms with Crippen molar-refractivity contribution in [2.45, 2.75) is 76.7 Å². The van der Waals surface area contributed by atoms with Gasteiger partial charge in [0.2, 0.25) is 0 Å². The molecule has 1 aliphatic rings. The Morgan fingerprint density at radius 3 is 2.75 bits per heavy atom. The fourth-order valence-electron chi connectivity index (χ4n) is 2.67. The van der Waals surface area contributed by atoms with Crippen molar-refractivity contribution >= 4 is 17.9 Å². The van der Waals surface area contributed by atoms with Gasteiger partial charge in [0.25, 0.3) is 0 Å². The first-order chi connectivity index (χ1) is 9.37. The first kappa shape index (κ1) is 17.6. The zero-order chi connectivity index (χ0) is 15.2. The fourth-order valence-corrected chi connectivity index (χ4v) is 3.71. The van der Waals surface area contributed by atoms with E-state index in [2.05, 4.69) is 6.92 Å². The molecular formula is C15H30N2O2S. The smallest absolute Gasteiger partial charge is 0.410 e. The Bertz CT molecular complexity index is 299. The SMILES string of the molecule is CCCC(C[C@@H]1CCCN1C(=O)OC(C)(C)C)SCN. The molecule has 5 heteroatoms. The summed E-state index contributed by atoms with van der Waals surface area (Å²) in [5, 5.41) is 0.554. The molecule has 1 aliphatic heterocycles. The molecule has 1 fully saturated rings. The highest BCUT2D eigenvalue weighted by atomic mass is 32.2. The summed E-state index contributed by atoms with van der Waals surface area (Å²) in [5.41, 5.74) is 5.25. The quantitative estimate of drug-likeness (QED) is 0.762. The van der Waals surface area contributed by atoms with Crippen LogP contribution in [-0.2, 0) is 4.74 Å². The lowest BCUT2D eigenvalue weighted by atomic mass is 10.1. The van der Waals surface area contributed by atoms with Gasteiger partial charge in [-0.3, -0.25) is 0 Å². The van der Waals surface area contributed by atoms with Crippen molar-refractivity contribution < 1.29 is 9.53 Å². The van der Waals surface area contributed by atoms with E-state index in [4.69, 9.17) is 10.5 Å². The minimum absolute atomic E-state index is 0.159. The summed E-state index contributed by atoms with van der Waals surface area (Å²) in [5.74, 6) is 0.657. The van der Waals surface area contributed by atoms with Crippen molar-refractivity contribution in [2.75, 3.05) is 12.4 Å². The number of rotatable bonds is 6. The summed E-state index contributed by atoms with van der Waals surface area (Å²) in [6.07, 6.45) is 5.38. The van der Waals surface area contributed by atoms with Crippen LogP contribution < -0.4 is 5.73 Å². The second-order valence-electron chi connectivity index (χ2n) is 6.45. The Hall–Kier alpha value is -0.420. The van der Waals surface area contributed by atoms with E-state index in [0.29, 0.717) is 17.2 Å². The minimum atomic E-state index is -0.418. The fraction of sp³-hybridized carbons (Fsp3) is 0.933. The van der Waals surface area contributed by atoms with E-state index in [1.54, 1.807) is 0 Å². The number of nitrogens with two attached hydrogens (primary N) is 1. The third-order valence-electron chi connectivity index (χ3n) is 3.48. The lowest BCUT2D eigenvalue weighted by molar-refractivity contribution is 0.0220. The summed E-state index contributed by atoms with van der Waals surface area (Å²) in [6, 6.07) is 0.320. The Morgan fingerprint density at radius 1 is 1.50 bits per heavy atom. The van der Waals surface area contributed by atoms with Crippen LogP contribution in [0, 0.1) is 0 Å². The molecule has 118 valence electrons. The van der Waals surface area contributed by atoms with Crippen molar-refractivity contribution in [1.29, 1.82) is 0 Å². The number of carbonyl (C=O) groups excluding carboxylic acids is 1. The standard InChI is InChI=1S/C15H30N2O2S/c1-5-7-13(20-11-16)10-12-8-6-9-17(12)14(18)19-15(2,3)4/h12-13H,5-11,16H2,1-4H3/t12-,13?/m0/s1. The van der Waals surface area contributed by atoms with Gasteiger partial charge in [0, 0.05) is 23.7 Å². The second-order valence-corrected chi connectivity index (χ2v) is 7.78. The number of carbonyl (C=O) groups is 1. The lowest BCUT2D eigenvalue weighted by Crippen LogP contribution is -2.40. The van der Waals surface area contributed by atoms with Crippen molar-refractivity contribution in [2.24, 2.45) is 5.73 Å².